The Labute approximate surface area is 197 Å². The monoisotopic (exact) mass is 464 g/mol. The van der Waals surface area contributed by atoms with E-state index in [-0.39, 0.29) is 11.7 Å². The Morgan fingerprint density at radius 2 is 1.65 bits per heavy atom. The van der Waals surface area contributed by atoms with Crippen LogP contribution in [0.5, 0.6) is 0 Å². The maximum Gasteiger partial charge on any atom is 0.416 e. The Morgan fingerprint density at radius 3 is 2.29 bits per heavy atom. The third-order valence-electron chi connectivity index (χ3n) is 6.87. The first-order valence-corrected chi connectivity index (χ1v) is 11.6. The molecule has 4 aromatic rings. The van der Waals surface area contributed by atoms with Crippen molar-refractivity contribution >= 4 is 10.9 Å². The summed E-state index contributed by atoms with van der Waals surface area (Å²) in [6.07, 6.45) is -0.297. The molecule has 0 saturated carbocycles. The molecule has 0 fully saturated rings. The van der Waals surface area contributed by atoms with Crippen molar-refractivity contribution in [2.45, 2.75) is 51.2 Å². The van der Waals surface area contributed by atoms with Gasteiger partial charge in [0.1, 0.15) is 5.82 Å². The number of benzene rings is 3. The predicted octanol–water partition coefficient (Wildman–Crippen LogP) is 8.45. The van der Waals surface area contributed by atoms with Crippen molar-refractivity contribution in [2.24, 2.45) is 0 Å². The second-order valence-electron chi connectivity index (χ2n) is 9.40. The Bertz CT molecular complexity index is 1310. The molecule has 0 amide bonds. The molecule has 5 heteroatoms. The molecule has 1 nitrogen and oxygen atoms in total. The van der Waals surface area contributed by atoms with E-state index in [1.165, 1.54) is 28.6 Å². The van der Waals surface area contributed by atoms with E-state index < -0.39 is 11.7 Å². The number of rotatable bonds is 4. The third kappa shape index (κ3) is 4.13. The van der Waals surface area contributed by atoms with Crippen LogP contribution in [0.15, 0.2) is 66.7 Å². The van der Waals surface area contributed by atoms with E-state index in [9.17, 15) is 17.6 Å². The molecule has 175 valence electrons. The lowest BCUT2D eigenvalue weighted by molar-refractivity contribution is -0.137. The molecule has 0 aliphatic heterocycles. The van der Waals surface area contributed by atoms with Gasteiger partial charge in [0.15, 0.2) is 0 Å². The van der Waals surface area contributed by atoms with Crippen LogP contribution in [-0.2, 0) is 12.7 Å². The highest BCUT2D eigenvalue weighted by Gasteiger charge is 2.31. The van der Waals surface area contributed by atoms with Gasteiger partial charge in [-0.3, -0.25) is 0 Å². The van der Waals surface area contributed by atoms with Gasteiger partial charge < -0.3 is 4.57 Å². The second-order valence-corrected chi connectivity index (χ2v) is 9.40. The summed E-state index contributed by atoms with van der Waals surface area (Å²) in [5.74, 6) is 0.257. The molecule has 1 aromatic heterocycles. The van der Waals surface area contributed by atoms with Crippen molar-refractivity contribution in [3.8, 4) is 0 Å². The minimum absolute atomic E-state index is 0.138. The Morgan fingerprint density at radius 1 is 0.941 bits per heavy atom. The van der Waals surface area contributed by atoms with Crippen molar-refractivity contribution in [3.63, 3.8) is 0 Å². The van der Waals surface area contributed by atoms with E-state index in [1.54, 1.807) is 12.1 Å². The molecule has 1 heterocycles. The minimum atomic E-state index is -4.35. The van der Waals surface area contributed by atoms with Gasteiger partial charge in [-0.15, -0.1) is 0 Å². The molecule has 5 rings (SSSR count). The maximum atomic E-state index is 13.6. The summed E-state index contributed by atoms with van der Waals surface area (Å²) in [7, 11) is 0. The minimum Gasteiger partial charge on any atom is -0.340 e. The number of halogens is 4. The van der Waals surface area contributed by atoms with Crippen LogP contribution in [0.3, 0.4) is 0 Å². The van der Waals surface area contributed by atoms with Crippen LogP contribution < -0.4 is 0 Å². The summed E-state index contributed by atoms with van der Waals surface area (Å²) in [5, 5.41) is 1.17. The molecule has 0 N–H and O–H groups in total. The van der Waals surface area contributed by atoms with E-state index >= 15 is 0 Å². The average Bonchev–Trinajstić information content (AvgIpc) is 3.12. The first kappa shape index (κ1) is 22.7. The predicted molar refractivity (Wildman–Crippen MR) is 127 cm³/mol. The molecule has 34 heavy (non-hydrogen) atoms. The quantitative estimate of drug-likeness (QED) is 0.267. The van der Waals surface area contributed by atoms with Gasteiger partial charge in [-0.2, -0.15) is 13.2 Å². The van der Waals surface area contributed by atoms with Crippen LogP contribution in [0.2, 0.25) is 0 Å². The van der Waals surface area contributed by atoms with Crippen LogP contribution in [0, 0.1) is 12.2 Å². The number of nitrogens with zero attached hydrogens (tertiary/aromatic N) is 1. The lowest BCUT2D eigenvalue weighted by Crippen LogP contribution is -2.13. The largest absolute Gasteiger partial charge is 0.416 e. The van der Waals surface area contributed by atoms with Crippen molar-refractivity contribution in [1.82, 2.24) is 4.57 Å². The van der Waals surface area contributed by atoms with Gasteiger partial charge in [0.25, 0.3) is 0 Å². The zero-order valence-corrected chi connectivity index (χ0v) is 19.2. The molecule has 1 unspecified atom stereocenters. The Hall–Kier alpha value is -3.08. The first-order valence-electron chi connectivity index (χ1n) is 11.6. The lowest BCUT2D eigenvalue weighted by atomic mass is 9.80. The fourth-order valence-electron chi connectivity index (χ4n) is 5.07. The SMILES string of the molecule is CC(C)c1ccc2c(c1)c1c(n2Cc2ccc(C(F)(F)F)cc2)[CH]CCC1c1ccc(F)cc1. The third-order valence-corrected chi connectivity index (χ3v) is 6.87. The van der Waals surface area contributed by atoms with Crippen LogP contribution >= 0.6 is 0 Å². The van der Waals surface area contributed by atoms with Crippen LogP contribution in [0.4, 0.5) is 17.6 Å². The normalized spacial score (nSPS) is 16.3. The fourth-order valence-corrected chi connectivity index (χ4v) is 5.07. The highest BCUT2D eigenvalue weighted by molar-refractivity contribution is 5.88. The molecule has 0 spiro atoms. The summed E-state index contributed by atoms with van der Waals surface area (Å²) in [5.41, 5.74) is 5.90. The smallest absolute Gasteiger partial charge is 0.340 e. The molecule has 0 saturated heterocycles. The number of hydrogen-bond acceptors (Lipinski definition) is 0. The summed E-state index contributed by atoms with van der Waals surface area (Å²) in [4.78, 5) is 0. The van der Waals surface area contributed by atoms with Crippen molar-refractivity contribution in [3.05, 3.63) is 112 Å². The molecule has 1 atom stereocenters. The Balaban J connectivity index is 1.65. The summed E-state index contributed by atoms with van der Waals surface area (Å²) in [6, 6.07) is 18.7. The zero-order chi connectivity index (χ0) is 24.0. The van der Waals surface area contributed by atoms with Gasteiger partial charge >= 0.3 is 6.18 Å². The van der Waals surface area contributed by atoms with Gasteiger partial charge in [0.2, 0.25) is 0 Å². The lowest BCUT2D eigenvalue weighted by Gasteiger charge is -2.25. The molecular formula is C29H26F4N. The molecule has 3 aromatic carbocycles. The van der Waals surface area contributed by atoms with Gasteiger partial charge in [0.05, 0.1) is 5.56 Å². The van der Waals surface area contributed by atoms with Gasteiger partial charge in [0, 0.05) is 35.5 Å². The van der Waals surface area contributed by atoms with E-state index in [0.717, 1.165) is 47.3 Å². The Kier molecular flexibility index (Phi) is 5.75. The molecule has 1 aliphatic carbocycles. The average molecular weight is 465 g/mol. The number of aromatic nitrogens is 1. The zero-order valence-electron chi connectivity index (χ0n) is 19.2. The van der Waals surface area contributed by atoms with Crippen molar-refractivity contribution in [2.75, 3.05) is 0 Å². The molecular weight excluding hydrogens is 438 g/mol. The van der Waals surface area contributed by atoms with E-state index in [2.05, 4.69) is 43.0 Å². The molecule has 0 bridgehead atoms. The number of alkyl halides is 3. The summed E-state index contributed by atoms with van der Waals surface area (Å²) < 4.78 is 54.9. The van der Waals surface area contributed by atoms with E-state index in [4.69, 9.17) is 0 Å². The number of hydrogen-bond donors (Lipinski definition) is 0. The van der Waals surface area contributed by atoms with E-state index in [1.807, 2.05) is 12.1 Å². The first-order chi connectivity index (χ1) is 16.2. The van der Waals surface area contributed by atoms with Crippen molar-refractivity contribution < 1.29 is 17.6 Å². The fraction of sp³-hybridized carbons (Fsp3) is 0.276. The van der Waals surface area contributed by atoms with Crippen molar-refractivity contribution in [1.29, 1.82) is 0 Å². The summed E-state index contributed by atoms with van der Waals surface area (Å²) in [6.45, 7) is 4.81. The molecule has 1 radical (unpaired) electrons. The summed E-state index contributed by atoms with van der Waals surface area (Å²) >= 11 is 0. The van der Waals surface area contributed by atoms with Crippen LogP contribution in [0.25, 0.3) is 10.9 Å². The van der Waals surface area contributed by atoms with Gasteiger partial charge in [-0.1, -0.05) is 44.2 Å². The van der Waals surface area contributed by atoms with Gasteiger partial charge in [-0.05, 0) is 77.4 Å². The molecule has 1 aliphatic rings. The second kappa shape index (κ2) is 8.61. The van der Waals surface area contributed by atoms with Crippen LogP contribution in [-0.4, -0.2) is 4.57 Å². The van der Waals surface area contributed by atoms with Crippen LogP contribution in [0.1, 0.15) is 72.0 Å². The standard InChI is InChI=1S/C29H26F4N/c1-18(2)21-10-15-26-25(16-21)28-24(20-8-13-23(30)14-9-20)4-3-5-27(28)34(26)17-19-6-11-22(12-7-19)29(31,32)33/h5-16,18,24H,3-4,17H2,1-2H3. The maximum absolute atomic E-state index is 13.6. The van der Waals surface area contributed by atoms with Gasteiger partial charge in [-0.25, -0.2) is 4.39 Å². The highest BCUT2D eigenvalue weighted by Crippen LogP contribution is 2.44. The number of fused-ring (bicyclic) bond motifs is 3. The topological polar surface area (TPSA) is 4.93 Å². The highest BCUT2D eigenvalue weighted by atomic mass is 19.4. The van der Waals surface area contributed by atoms with E-state index in [0.29, 0.717) is 12.5 Å².